The third-order valence-corrected chi connectivity index (χ3v) is 9.40. The molecule has 0 radical (unpaired) electrons. The minimum absolute atomic E-state index is 0.00617. The van der Waals surface area contributed by atoms with Gasteiger partial charge in [-0.05, 0) is 62.8 Å². The third-order valence-electron chi connectivity index (χ3n) is 9.40. The number of primary amides is 1. The largest absolute Gasteiger partial charge is 0.481 e. The molecule has 1 rings (SSSR count). The molecular formula is C40H69N11O8. The van der Waals surface area contributed by atoms with E-state index < -0.39 is 83.7 Å². The fraction of sp³-hybridized carbons (Fsp3) is 0.650. The second-order valence-corrected chi connectivity index (χ2v) is 15.6. The van der Waals surface area contributed by atoms with E-state index >= 15 is 0 Å². The number of nitrogens with zero attached hydrogens (tertiary/aromatic N) is 1. The molecule has 0 aliphatic carbocycles. The first-order chi connectivity index (χ1) is 27.7. The third kappa shape index (κ3) is 21.3. The van der Waals surface area contributed by atoms with Crippen molar-refractivity contribution in [3.63, 3.8) is 0 Å². The van der Waals surface area contributed by atoms with Crippen LogP contribution in [0.4, 0.5) is 0 Å². The molecule has 0 bridgehead atoms. The van der Waals surface area contributed by atoms with E-state index in [9.17, 15) is 38.7 Å². The Morgan fingerprint density at radius 3 is 1.90 bits per heavy atom. The molecule has 15 N–H and O–H groups in total. The lowest BCUT2D eigenvalue weighted by atomic mass is 9.98. The molecule has 7 atom stereocenters. The van der Waals surface area contributed by atoms with Crippen molar-refractivity contribution in [1.29, 1.82) is 0 Å². The maximum absolute atomic E-state index is 14.0. The molecule has 0 aromatic heterocycles. The Labute approximate surface area is 347 Å². The van der Waals surface area contributed by atoms with E-state index in [0.29, 0.717) is 25.7 Å². The second kappa shape index (κ2) is 27.4. The molecular weight excluding hydrogens is 763 g/mol. The minimum Gasteiger partial charge on any atom is -0.481 e. The van der Waals surface area contributed by atoms with Crippen LogP contribution in [0.15, 0.2) is 35.3 Å². The fourth-order valence-electron chi connectivity index (χ4n) is 6.03. The van der Waals surface area contributed by atoms with Crippen molar-refractivity contribution in [3.8, 4) is 0 Å². The molecule has 19 nitrogen and oxygen atoms in total. The number of carboxylic acid groups (broad SMARTS) is 1. The summed E-state index contributed by atoms with van der Waals surface area (Å²) in [5.41, 5.74) is 23.1. The average Bonchev–Trinajstić information content (AvgIpc) is 3.15. The number of aliphatic carboxylic acids is 1. The highest BCUT2D eigenvalue weighted by molar-refractivity contribution is 5.94. The number of hydrogen-bond acceptors (Lipinski definition) is 10. The number of rotatable bonds is 29. The first-order valence-electron chi connectivity index (χ1n) is 20.4. The van der Waals surface area contributed by atoms with E-state index in [1.165, 1.54) is 6.92 Å². The summed E-state index contributed by atoms with van der Waals surface area (Å²) in [5, 5.41) is 26.2. The molecule has 19 heteroatoms. The first-order valence-corrected chi connectivity index (χ1v) is 20.4. The van der Waals surface area contributed by atoms with Crippen LogP contribution in [0.2, 0.25) is 0 Å². The monoisotopic (exact) mass is 832 g/mol. The number of aliphatic imine (C=N–C) groups is 1. The number of unbranched alkanes of at least 4 members (excludes halogenated alkanes) is 1. The van der Waals surface area contributed by atoms with Gasteiger partial charge in [0.1, 0.15) is 24.2 Å². The van der Waals surface area contributed by atoms with Crippen LogP contribution in [0.25, 0.3) is 0 Å². The number of carbonyl (C=O) groups excluding carboxylic acids is 6. The predicted molar refractivity (Wildman–Crippen MR) is 225 cm³/mol. The van der Waals surface area contributed by atoms with Gasteiger partial charge in [-0.1, -0.05) is 77.8 Å². The maximum Gasteiger partial charge on any atom is 0.303 e. The zero-order chi connectivity index (χ0) is 44.7. The van der Waals surface area contributed by atoms with Gasteiger partial charge in [0.2, 0.25) is 35.4 Å². The van der Waals surface area contributed by atoms with E-state index in [2.05, 4.69) is 36.9 Å². The van der Waals surface area contributed by atoms with Crippen LogP contribution in [-0.2, 0) is 40.0 Å². The maximum atomic E-state index is 14.0. The zero-order valence-electron chi connectivity index (χ0n) is 35.4. The van der Waals surface area contributed by atoms with Crippen molar-refractivity contribution >= 4 is 47.4 Å². The van der Waals surface area contributed by atoms with Gasteiger partial charge in [-0.15, -0.1) is 0 Å². The summed E-state index contributed by atoms with van der Waals surface area (Å²) in [7, 11) is 0. The van der Waals surface area contributed by atoms with Gasteiger partial charge in [-0.3, -0.25) is 38.6 Å². The Hall–Kier alpha value is -5.30. The van der Waals surface area contributed by atoms with E-state index in [-0.39, 0.29) is 56.6 Å². The molecule has 0 heterocycles. The summed E-state index contributed by atoms with van der Waals surface area (Å²) in [6.45, 7) is 10.9. The Morgan fingerprint density at radius 2 is 1.34 bits per heavy atom. The van der Waals surface area contributed by atoms with Crippen molar-refractivity contribution in [1.82, 2.24) is 31.9 Å². The van der Waals surface area contributed by atoms with E-state index in [0.717, 1.165) is 12.0 Å². The highest BCUT2D eigenvalue weighted by atomic mass is 16.4. The van der Waals surface area contributed by atoms with Gasteiger partial charge in [0, 0.05) is 25.6 Å². The number of amides is 6. The molecule has 0 unspecified atom stereocenters. The first kappa shape index (κ1) is 51.7. The average molecular weight is 832 g/mol. The van der Waals surface area contributed by atoms with Crippen LogP contribution in [0.3, 0.4) is 0 Å². The summed E-state index contributed by atoms with van der Waals surface area (Å²) >= 11 is 0. The topological polar surface area (TPSA) is 328 Å². The molecule has 1 aromatic carbocycles. The number of nitrogens with two attached hydrogens (primary N) is 4. The van der Waals surface area contributed by atoms with Gasteiger partial charge in [-0.2, -0.15) is 0 Å². The summed E-state index contributed by atoms with van der Waals surface area (Å²) in [6.07, 6.45) is 2.52. The van der Waals surface area contributed by atoms with Gasteiger partial charge >= 0.3 is 5.97 Å². The quantitative estimate of drug-likeness (QED) is 0.0270. The highest BCUT2D eigenvalue weighted by Gasteiger charge is 2.32. The highest BCUT2D eigenvalue weighted by Crippen LogP contribution is 2.11. The van der Waals surface area contributed by atoms with Crippen LogP contribution in [0.5, 0.6) is 0 Å². The van der Waals surface area contributed by atoms with Crippen LogP contribution in [0.1, 0.15) is 98.5 Å². The Bertz CT molecular complexity index is 1540. The molecule has 0 spiro atoms. The van der Waals surface area contributed by atoms with Crippen molar-refractivity contribution in [2.75, 3.05) is 13.1 Å². The van der Waals surface area contributed by atoms with Gasteiger partial charge in [-0.25, -0.2) is 0 Å². The van der Waals surface area contributed by atoms with Gasteiger partial charge in [0.05, 0.1) is 12.1 Å². The van der Waals surface area contributed by atoms with E-state index in [1.807, 2.05) is 51.1 Å². The lowest BCUT2D eigenvalue weighted by Crippen LogP contribution is -2.59. The summed E-state index contributed by atoms with van der Waals surface area (Å²) < 4.78 is 0. The minimum atomic E-state index is -1.14. The number of carboxylic acids is 1. The number of nitrogens with one attached hydrogen (secondary N) is 6. The van der Waals surface area contributed by atoms with Crippen molar-refractivity contribution in [2.45, 2.75) is 142 Å². The smallest absolute Gasteiger partial charge is 0.303 e. The van der Waals surface area contributed by atoms with Gasteiger partial charge in [0.25, 0.3) is 0 Å². The molecule has 0 saturated carbocycles. The Balaban J connectivity index is 3.23. The predicted octanol–water partition coefficient (Wildman–Crippen LogP) is -0.746. The Morgan fingerprint density at radius 1 is 0.712 bits per heavy atom. The summed E-state index contributed by atoms with van der Waals surface area (Å²) in [5.74, 6) is -5.23. The van der Waals surface area contributed by atoms with Crippen LogP contribution < -0.4 is 54.8 Å². The van der Waals surface area contributed by atoms with Crippen LogP contribution in [-0.4, -0.2) is 108 Å². The molecule has 59 heavy (non-hydrogen) atoms. The lowest BCUT2D eigenvalue weighted by Gasteiger charge is -2.29. The lowest BCUT2D eigenvalue weighted by molar-refractivity contribution is -0.137. The molecule has 6 amide bonds. The van der Waals surface area contributed by atoms with E-state index in [1.54, 1.807) is 13.8 Å². The number of carbonyl (C=O) groups is 7. The molecule has 332 valence electrons. The molecule has 1 aromatic rings. The normalized spacial score (nSPS) is 14.7. The Kier molecular flexibility index (Phi) is 24.0. The van der Waals surface area contributed by atoms with Crippen LogP contribution >= 0.6 is 0 Å². The van der Waals surface area contributed by atoms with Crippen molar-refractivity contribution in [3.05, 3.63) is 35.9 Å². The molecule has 0 aliphatic rings. The van der Waals surface area contributed by atoms with Gasteiger partial charge in [0.15, 0.2) is 5.96 Å². The summed E-state index contributed by atoms with van der Waals surface area (Å²) in [4.78, 5) is 94.5. The van der Waals surface area contributed by atoms with Crippen LogP contribution in [0, 0.1) is 11.8 Å². The number of benzene rings is 1. The molecule has 0 fully saturated rings. The van der Waals surface area contributed by atoms with Gasteiger partial charge < -0.3 is 59.9 Å². The number of guanidine groups is 1. The van der Waals surface area contributed by atoms with E-state index in [4.69, 9.17) is 22.9 Å². The second-order valence-electron chi connectivity index (χ2n) is 15.6. The van der Waals surface area contributed by atoms with Crippen molar-refractivity contribution < 1.29 is 38.7 Å². The number of hydrogen-bond donors (Lipinski definition) is 11. The zero-order valence-corrected chi connectivity index (χ0v) is 35.4. The van der Waals surface area contributed by atoms with Crippen molar-refractivity contribution in [2.24, 2.45) is 39.8 Å². The fourth-order valence-corrected chi connectivity index (χ4v) is 6.03. The molecule has 0 saturated heterocycles. The standard InChI is InChI=1S/C40H69N11O8/c1-7-8-16-29(34(42)54)49-35(55)25(6)47-37(57)30(17-18-32(52)53)46-22-27(21-26-13-10-9-11-14-26)48-38(58)31(20-23(2)3)50-39(59)33(24(4)5)51-36(56)28(41)15-12-19-45-40(43)44/h9-11,13-14,23-25,27-31,33,46H,7-8,12,15-22,41H2,1-6H3,(H2,42,54)(H,47,57)(H,48,58)(H,49,55)(H,50,59)(H,51,56)(H,52,53)(H4,43,44,45)/t25-,27-,28-,29-,30-,31-,33-/m0/s1. The summed E-state index contributed by atoms with van der Waals surface area (Å²) in [6, 6.07) is 2.52. The molecule has 0 aliphatic heterocycles. The SMILES string of the molecule is CCCC[C@H](NC(=O)[C@H](C)NC(=O)[C@H](CCC(=O)O)NC[C@H](Cc1ccccc1)NC(=O)[C@H](CC(C)C)NC(=O)[C@@H](NC(=O)[C@@H](N)CCCN=C(N)N)C(C)C)C(N)=O.